The highest BCUT2D eigenvalue weighted by Crippen LogP contribution is 2.45. The van der Waals surface area contributed by atoms with Crippen molar-refractivity contribution in [2.45, 2.75) is 50.6 Å². The molecule has 3 aromatic rings. The summed E-state index contributed by atoms with van der Waals surface area (Å²) in [6.07, 6.45) is 6.17. The van der Waals surface area contributed by atoms with E-state index >= 15 is 0 Å². The Kier molecular flexibility index (Phi) is 5.16. The van der Waals surface area contributed by atoms with E-state index in [1.807, 2.05) is 17.0 Å². The first kappa shape index (κ1) is 21.0. The molecule has 2 aliphatic heterocycles. The van der Waals surface area contributed by atoms with Gasteiger partial charge < -0.3 is 9.64 Å². The van der Waals surface area contributed by atoms with Crippen molar-refractivity contribution in [3.8, 4) is 11.1 Å². The first-order valence-corrected chi connectivity index (χ1v) is 12.1. The summed E-state index contributed by atoms with van der Waals surface area (Å²) < 4.78 is 5.94. The van der Waals surface area contributed by atoms with Crippen molar-refractivity contribution in [3.63, 3.8) is 0 Å². The predicted octanol–water partition coefficient (Wildman–Crippen LogP) is 5.16. The third kappa shape index (κ3) is 3.49. The quantitative estimate of drug-likeness (QED) is 0.510. The molecule has 2 bridgehead atoms. The van der Waals surface area contributed by atoms with E-state index in [4.69, 9.17) is 4.74 Å². The van der Waals surface area contributed by atoms with Gasteiger partial charge in [0.1, 0.15) is 12.4 Å². The number of ether oxygens (including phenoxy) is 1. The number of aryl methyl sites for hydroxylation is 1. The summed E-state index contributed by atoms with van der Waals surface area (Å²) in [5.74, 6) is 0.696. The summed E-state index contributed by atoms with van der Waals surface area (Å²) in [6.45, 7) is 2.13. The summed E-state index contributed by atoms with van der Waals surface area (Å²) in [4.78, 5) is 36.5. The molecule has 2 fully saturated rings. The van der Waals surface area contributed by atoms with Gasteiger partial charge in [-0.3, -0.25) is 4.79 Å². The Balaban J connectivity index is 1.14. The molecule has 34 heavy (non-hydrogen) atoms. The third-order valence-electron chi connectivity index (χ3n) is 7.72. The van der Waals surface area contributed by atoms with Crippen LogP contribution in [0.1, 0.15) is 58.9 Å². The number of hydrogen-bond acceptors (Lipinski definition) is 5. The SMILES string of the molecule is Cc1ncc(C(=O)C2CC3CCC(C2)N3C(=O)OCC2c3ccccc3-c3ccccc32)cn1. The lowest BCUT2D eigenvalue weighted by Gasteiger charge is -2.37. The van der Waals surface area contributed by atoms with E-state index in [-0.39, 0.29) is 35.8 Å². The van der Waals surface area contributed by atoms with Crippen molar-refractivity contribution in [1.82, 2.24) is 14.9 Å². The summed E-state index contributed by atoms with van der Waals surface area (Å²) in [7, 11) is 0. The van der Waals surface area contributed by atoms with Crippen LogP contribution in [0, 0.1) is 12.8 Å². The molecule has 3 heterocycles. The predicted molar refractivity (Wildman–Crippen MR) is 128 cm³/mol. The lowest BCUT2D eigenvalue weighted by atomic mass is 9.85. The molecule has 2 aromatic carbocycles. The second kappa shape index (κ2) is 8.35. The number of nitrogens with zero attached hydrogens (tertiary/aromatic N) is 3. The second-order valence-corrected chi connectivity index (χ2v) is 9.65. The highest BCUT2D eigenvalue weighted by molar-refractivity contribution is 5.97. The molecule has 1 amide bonds. The number of ketones is 1. The number of carbonyl (C=O) groups is 2. The fraction of sp³-hybridized carbons (Fsp3) is 0.357. The summed E-state index contributed by atoms with van der Waals surface area (Å²) >= 11 is 0. The first-order chi connectivity index (χ1) is 16.6. The van der Waals surface area contributed by atoms with Crippen molar-refractivity contribution in [1.29, 1.82) is 0 Å². The van der Waals surface area contributed by atoms with Crippen LogP contribution in [0.4, 0.5) is 4.79 Å². The number of Topliss-reactive ketones (excluding diaryl/α,β-unsaturated/α-hetero) is 1. The smallest absolute Gasteiger partial charge is 0.410 e. The molecule has 2 unspecified atom stereocenters. The Hall–Kier alpha value is -3.54. The van der Waals surface area contributed by atoms with Crippen molar-refractivity contribution >= 4 is 11.9 Å². The zero-order chi connectivity index (χ0) is 23.2. The van der Waals surface area contributed by atoms with Crippen LogP contribution in [-0.4, -0.2) is 45.4 Å². The summed E-state index contributed by atoms with van der Waals surface area (Å²) in [5, 5.41) is 0. The molecule has 0 radical (unpaired) electrons. The van der Waals surface area contributed by atoms with E-state index in [2.05, 4.69) is 46.4 Å². The first-order valence-electron chi connectivity index (χ1n) is 12.1. The Morgan fingerprint density at radius 3 is 2.06 bits per heavy atom. The number of piperidine rings is 1. The molecule has 0 N–H and O–H groups in total. The maximum Gasteiger partial charge on any atom is 0.410 e. The Labute approximate surface area is 199 Å². The largest absolute Gasteiger partial charge is 0.448 e. The van der Waals surface area contributed by atoms with Gasteiger partial charge in [-0.15, -0.1) is 0 Å². The van der Waals surface area contributed by atoms with Crippen LogP contribution in [0.25, 0.3) is 11.1 Å². The molecule has 6 rings (SSSR count). The third-order valence-corrected chi connectivity index (χ3v) is 7.72. The van der Waals surface area contributed by atoms with E-state index in [0.717, 1.165) is 12.8 Å². The van der Waals surface area contributed by atoms with Crippen molar-refractivity contribution < 1.29 is 14.3 Å². The Morgan fingerprint density at radius 2 is 1.47 bits per heavy atom. The molecule has 0 spiro atoms. The number of hydrogen-bond donors (Lipinski definition) is 0. The highest BCUT2D eigenvalue weighted by atomic mass is 16.6. The minimum atomic E-state index is -0.251. The lowest BCUT2D eigenvalue weighted by Crippen LogP contribution is -2.48. The summed E-state index contributed by atoms with van der Waals surface area (Å²) in [6, 6.07) is 16.8. The Bertz CT molecular complexity index is 1200. The second-order valence-electron chi connectivity index (χ2n) is 9.65. The van der Waals surface area contributed by atoms with Crippen LogP contribution in [0.3, 0.4) is 0 Å². The molecule has 1 aromatic heterocycles. The molecule has 6 nitrogen and oxygen atoms in total. The normalized spacial score (nSPS) is 22.9. The van der Waals surface area contributed by atoms with E-state index in [1.54, 1.807) is 19.3 Å². The van der Waals surface area contributed by atoms with E-state index in [0.29, 0.717) is 30.8 Å². The molecule has 2 atom stereocenters. The topological polar surface area (TPSA) is 72.4 Å². The number of carbonyl (C=O) groups excluding carboxylic acids is 2. The van der Waals surface area contributed by atoms with Gasteiger partial charge in [-0.2, -0.15) is 0 Å². The van der Waals surface area contributed by atoms with Crippen LogP contribution < -0.4 is 0 Å². The summed E-state index contributed by atoms with van der Waals surface area (Å²) in [5.41, 5.74) is 5.43. The van der Waals surface area contributed by atoms with E-state index < -0.39 is 0 Å². The van der Waals surface area contributed by atoms with Gasteiger partial charge in [0.15, 0.2) is 5.78 Å². The van der Waals surface area contributed by atoms with Gasteiger partial charge in [0.2, 0.25) is 0 Å². The van der Waals surface area contributed by atoms with Crippen LogP contribution in [0.15, 0.2) is 60.9 Å². The fourth-order valence-electron chi connectivity index (χ4n) is 6.11. The fourth-order valence-corrected chi connectivity index (χ4v) is 6.11. The van der Waals surface area contributed by atoms with Crippen LogP contribution in [0.2, 0.25) is 0 Å². The minimum Gasteiger partial charge on any atom is -0.448 e. The molecule has 1 aliphatic carbocycles. The molecular formula is C28H27N3O3. The van der Waals surface area contributed by atoms with Crippen LogP contribution >= 0.6 is 0 Å². The Morgan fingerprint density at radius 1 is 0.912 bits per heavy atom. The van der Waals surface area contributed by atoms with Gasteiger partial charge in [0.25, 0.3) is 0 Å². The number of rotatable bonds is 4. The van der Waals surface area contributed by atoms with Gasteiger partial charge in [0.05, 0.1) is 5.56 Å². The molecule has 0 saturated carbocycles. The van der Waals surface area contributed by atoms with Gasteiger partial charge in [0, 0.05) is 36.3 Å². The van der Waals surface area contributed by atoms with Crippen molar-refractivity contribution in [2.24, 2.45) is 5.92 Å². The number of aromatic nitrogens is 2. The standard InChI is InChI=1S/C28H27N3O3/c1-17-29-14-19(15-30-17)27(32)18-12-20-10-11-21(13-18)31(20)28(33)34-16-26-24-8-4-2-6-22(24)23-7-3-5-9-25(23)26/h2-9,14-15,18,20-21,26H,10-13,16H2,1H3. The molecule has 2 saturated heterocycles. The van der Waals surface area contributed by atoms with Gasteiger partial charge >= 0.3 is 6.09 Å². The van der Waals surface area contributed by atoms with E-state index in [1.165, 1.54) is 22.3 Å². The van der Waals surface area contributed by atoms with Gasteiger partial charge in [-0.25, -0.2) is 14.8 Å². The molecule has 172 valence electrons. The van der Waals surface area contributed by atoms with Crippen LogP contribution in [-0.2, 0) is 4.74 Å². The van der Waals surface area contributed by atoms with Gasteiger partial charge in [-0.05, 0) is 54.9 Å². The molecular weight excluding hydrogens is 426 g/mol. The average molecular weight is 454 g/mol. The molecule has 6 heteroatoms. The molecule has 3 aliphatic rings. The number of fused-ring (bicyclic) bond motifs is 5. The average Bonchev–Trinajstić information content (AvgIpc) is 3.33. The maximum atomic E-state index is 13.2. The number of benzene rings is 2. The van der Waals surface area contributed by atoms with Crippen molar-refractivity contribution in [2.75, 3.05) is 6.61 Å². The van der Waals surface area contributed by atoms with Crippen LogP contribution in [0.5, 0.6) is 0 Å². The van der Waals surface area contributed by atoms with Crippen molar-refractivity contribution in [3.05, 3.63) is 83.4 Å². The monoisotopic (exact) mass is 453 g/mol. The highest BCUT2D eigenvalue weighted by Gasteiger charge is 2.46. The minimum absolute atomic E-state index is 0.0506. The lowest BCUT2D eigenvalue weighted by molar-refractivity contribution is 0.0505. The maximum absolute atomic E-state index is 13.2. The zero-order valence-electron chi connectivity index (χ0n) is 19.2. The van der Waals surface area contributed by atoms with Gasteiger partial charge in [-0.1, -0.05) is 48.5 Å². The number of amides is 1. The van der Waals surface area contributed by atoms with E-state index in [9.17, 15) is 9.59 Å². The zero-order valence-corrected chi connectivity index (χ0v) is 19.2.